The molecule has 0 N–H and O–H groups in total. The van der Waals surface area contributed by atoms with Crippen LogP contribution in [0.25, 0.3) is 60.6 Å². The molecule has 1 nitrogen and oxygen atoms in total. The molecule has 2 aliphatic rings. The minimum absolute atomic E-state index is 0.325. The zero-order valence-corrected chi connectivity index (χ0v) is 33.1. The number of rotatable bonds is 9. The molecule has 8 aromatic rings. The van der Waals surface area contributed by atoms with Crippen molar-refractivity contribution in [3.63, 3.8) is 0 Å². The van der Waals surface area contributed by atoms with Crippen molar-refractivity contribution in [2.45, 2.75) is 24.7 Å². The van der Waals surface area contributed by atoms with Gasteiger partial charge in [-0.2, -0.15) is 0 Å². The van der Waals surface area contributed by atoms with Crippen LogP contribution in [0.2, 0.25) is 0 Å². The van der Waals surface area contributed by atoms with Gasteiger partial charge in [-0.15, -0.1) is 0 Å². The van der Waals surface area contributed by atoms with Crippen LogP contribution in [-0.4, -0.2) is 0 Å². The smallest absolute Gasteiger partial charge is 0.0461 e. The van der Waals surface area contributed by atoms with E-state index in [1.165, 1.54) is 77.0 Å². The van der Waals surface area contributed by atoms with Gasteiger partial charge in [-0.1, -0.05) is 183 Å². The van der Waals surface area contributed by atoms with Crippen molar-refractivity contribution in [3.05, 3.63) is 247 Å². The first-order valence-electron chi connectivity index (χ1n) is 20.7. The second kappa shape index (κ2) is 16.0. The second-order valence-electron chi connectivity index (χ2n) is 15.7. The van der Waals surface area contributed by atoms with E-state index in [2.05, 4.69) is 224 Å². The minimum atomic E-state index is 0.325. The molecule has 2 atom stereocenters. The molecule has 0 aromatic heterocycles. The van der Waals surface area contributed by atoms with Crippen LogP contribution in [0.3, 0.4) is 0 Å². The Morgan fingerprint density at radius 1 is 0.492 bits per heavy atom. The van der Waals surface area contributed by atoms with Crippen molar-refractivity contribution >= 4 is 49.8 Å². The molecule has 282 valence electrons. The highest BCUT2D eigenvalue weighted by molar-refractivity contribution is 6.08. The fourth-order valence-corrected chi connectivity index (χ4v) is 8.97. The van der Waals surface area contributed by atoms with E-state index in [9.17, 15) is 0 Å². The monoisotopic (exact) mass is 755 g/mol. The third-order valence-corrected chi connectivity index (χ3v) is 12.1. The molecular weight excluding hydrogens is 711 g/mol. The van der Waals surface area contributed by atoms with Crippen LogP contribution in [0.15, 0.2) is 231 Å². The van der Waals surface area contributed by atoms with E-state index in [0.29, 0.717) is 11.8 Å². The van der Waals surface area contributed by atoms with Gasteiger partial charge in [0.15, 0.2) is 0 Å². The Morgan fingerprint density at radius 2 is 1.10 bits per heavy atom. The van der Waals surface area contributed by atoms with E-state index in [0.717, 1.165) is 24.2 Å². The summed E-state index contributed by atoms with van der Waals surface area (Å²) in [5.41, 5.74) is 12.3. The Kier molecular flexibility index (Phi) is 9.78. The van der Waals surface area contributed by atoms with Gasteiger partial charge in [-0.3, -0.25) is 0 Å². The van der Waals surface area contributed by atoms with Gasteiger partial charge in [-0.05, 0) is 133 Å². The fourth-order valence-electron chi connectivity index (χ4n) is 8.97. The normalized spacial score (nSPS) is 16.2. The van der Waals surface area contributed by atoms with Gasteiger partial charge in [0.25, 0.3) is 0 Å². The number of fused-ring (bicyclic) bond motifs is 4. The van der Waals surface area contributed by atoms with Crippen molar-refractivity contribution in [1.29, 1.82) is 0 Å². The van der Waals surface area contributed by atoms with Crippen molar-refractivity contribution in [1.82, 2.24) is 0 Å². The maximum atomic E-state index is 3.83. The van der Waals surface area contributed by atoms with Crippen molar-refractivity contribution in [3.8, 4) is 22.3 Å². The van der Waals surface area contributed by atoms with E-state index in [1.54, 1.807) is 0 Å². The average molecular weight is 756 g/mol. The topological polar surface area (TPSA) is 3.24 Å². The molecule has 0 bridgehead atoms. The van der Waals surface area contributed by atoms with Gasteiger partial charge < -0.3 is 4.90 Å². The Morgan fingerprint density at radius 3 is 1.78 bits per heavy atom. The van der Waals surface area contributed by atoms with Gasteiger partial charge in [0.2, 0.25) is 0 Å². The number of hydrogen-bond donors (Lipinski definition) is 0. The standard InChI is InChI=1S/C58H45N/c1-2-3-11-41-18-19-44-20-24-49(39-51(44)38-41)42-26-32-52(33-27-42)59(54-36-30-47(31-37-54)56-16-10-9-15-55(56)45-12-5-4-6-13-45)53-34-28-43(29-35-53)50-25-23-48-22-21-46-14-7-8-17-57(46)58(48)40-50/h2-12,14-30,32-40,45,47H,1,13,31H2/b11-3-. The van der Waals surface area contributed by atoms with Crippen molar-refractivity contribution < 1.29 is 0 Å². The number of benzene rings is 8. The molecule has 0 aliphatic heterocycles. The third kappa shape index (κ3) is 7.29. The molecule has 2 unspecified atom stereocenters. The molecule has 0 fully saturated rings. The molecule has 0 spiro atoms. The third-order valence-electron chi connectivity index (χ3n) is 12.1. The lowest BCUT2D eigenvalue weighted by atomic mass is 9.82. The summed E-state index contributed by atoms with van der Waals surface area (Å²) in [5.74, 6) is 0.745. The quantitative estimate of drug-likeness (QED) is 0.105. The first-order chi connectivity index (χ1) is 29.2. The predicted molar refractivity (Wildman–Crippen MR) is 254 cm³/mol. The largest absolute Gasteiger partial charge is 0.311 e. The SMILES string of the molecule is C=C/C=C\c1ccc2ccc(-c3ccc(N(C4=CCC(c5ccccc5C5C=CC=CC5)C=C4)c4ccc(-c5ccc6ccc7ccccc7c6c5)cc4)cc3)cc2c1. The number of anilines is 2. The predicted octanol–water partition coefficient (Wildman–Crippen LogP) is 16.0. The van der Waals surface area contributed by atoms with Gasteiger partial charge in [-0.25, -0.2) is 0 Å². The number of hydrogen-bond acceptors (Lipinski definition) is 1. The molecule has 0 heterocycles. The van der Waals surface area contributed by atoms with E-state index in [1.807, 2.05) is 12.2 Å². The van der Waals surface area contributed by atoms with Crippen LogP contribution in [-0.2, 0) is 0 Å². The molecule has 59 heavy (non-hydrogen) atoms. The maximum absolute atomic E-state index is 3.83. The molecule has 1 heteroatoms. The van der Waals surface area contributed by atoms with E-state index >= 15 is 0 Å². The fraction of sp³-hybridized carbons (Fsp3) is 0.0690. The van der Waals surface area contributed by atoms with Crippen molar-refractivity contribution in [2.75, 3.05) is 4.90 Å². The molecule has 0 saturated carbocycles. The first-order valence-corrected chi connectivity index (χ1v) is 20.7. The summed E-state index contributed by atoms with van der Waals surface area (Å²) < 4.78 is 0. The highest BCUT2D eigenvalue weighted by atomic mass is 15.1. The molecular formula is C58H45N. The van der Waals surface area contributed by atoms with Crippen LogP contribution < -0.4 is 4.90 Å². The molecule has 8 aromatic carbocycles. The van der Waals surface area contributed by atoms with Crippen LogP contribution in [0, 0.1) is 0 Å². The lowest BCUT2D eigenvalue weighted by Gasteiger charge is -2.30. The summed E-state index contributed by atoms with van der Waals surface area (Å²) in [4.78, 5) is 2.41. The Labute approximate surface area is 347 Å². The highest BCUT2D eigenvalue weighted by Gasteiger charge is 2.22. The lowest BCUT2D eigenvalue weighted by Crippen LogP contribution is -2.17. The zero-order chi connectivity index (χ0) is 39.5. The summed E-state index contributed by atoms with van der Waals surface area (Å²) in [6, 6.07) is 60.5. The summed E-state index contributed by atoms with van der Waals surface area (Å²) in [7, 11) is 0. The van der Waals surface area contributed by atoms with Crippen LogP contribution >= 0.6 is 0 Å². The van der Waals surface area contributed by atoms with Gasteiger partial charge >= 0.3 is 0 Å². The van der Waals surface area contributed by atoms with E-state index in [-0.39, 0.29) is 0 Å². The number of allylic oxidation sites excluding steroid dienone is 9. The van der Waals surface area contributed by atoms with Crippen LogP contribution in [0.5, 0.6) is 0 Å². The number of nitrogens with zero attached hydrogens (tertiary/aromatic N) is 1. The Balaban J connectivity index is 0.992. The van der Waals surface area contributed by atoms with Crippen molar-refractivity contribution in [2.24, 2.45) is 0 Å². The van der Waals surface area contributed by atoms with Gasteiger partial charge in [0.05, 0.1) is 0 Å². The van der Waals surface area contributed by atoms with E-state index in [4.69, 9.17) is 0 Å². The average Bonchev–Trinajstić information content (AvgIpc) is 3.31. The lowest BCUT2D eigenvalue weighted by molar-refractivity contribution is 0.781. The summed E-state index contributed by atoms with van der Waals surface area (Å²) in [5, 5.41) is 7.56. The second-order valence-corrected chi connectivity index (χ2v) is 15.7. The zero-order valence-electron chi connectivity index (χ0n) is 33.1. The minimum Gasteiger partial charge on any atom is -0.311 e. The summed E-state index contributed by atoms with van der Waals surface area (Å²) >= 11 is 0. The molecule has 0 saturated heterocycles. The maximum Gasteiger partial charge on any atom is 0.0461 e. The molecule has 2 aliphatic carbocycles. The summed E-state index contributed by atoms with van der Waals surface area (Å²) in [6.07, 6.45) is 24.0. The van der Waals surface area contributed by atoms with Crippen LogP contribution in [0.4, 0.5) is 11.4 Å². The Bertz CT molecular complexity index is 3010. The van der Waals surface area contributed by atoms with Gasteiger partial charge in [0.1, 0.15) is 0 Å². The van der Waals surface area contributed by atoms with Gasteiger partial charge in [0, 0.05) is 28.9 Å². The Hall–Kier alpha value is -7.22. The highest BCUT2D eigenvalue weighted by Crippen LogP contribution is 2.40. The van der Waals surface area contributed by atoms with Crippen LogP contribution in [0.1, 0.15) is 41.4 Å². The molecule has 0 amide bonds. The first kappa shape index (κ1) is 36.1. The summed E-state index contributed by atoms with van der Waals surface area (Å²) in [6.45, 7) is 3.83. The molecule has 0 radical (unpaired) electrons. The van der Waals surface area contributed by atoms with E-state index < -0.39 is 0 Å². The molecule has 10 rings (SSSR count).